The summed E-state index contributed by atoms with van der Waals surface area (Å²) in [5, 5.41) is 1.20. The van der Waals surface area contributed by atoms with Crippen molar-refractivity contribution in [1.82, 2.24) is 4.90 Å². The lowest BCUT2D eigenvalue weighted by molar-refractivity contribution is 0.247. The SMILES string of the molecule is Clc1ccc(OCCCN2CC=CCC2)c(Cl)c1. The minimum Gasteiger partial charge on any atom is -0.492 e. The number of nitrogens with zero attached hydrogens (tertiary/aromatic N) is 1. The molecule has 0 atom stereocenters. The van der Waals surface area contributed by atoms with Crippen molar-refractivity contribution < 1.29 is 4.74 Å². The molecule has 0 spiro atoms. The molecule has 0 radical (unpaired) electrons. The van der Waals surface area contributed by atoms with Crippen LogP contribution in [0, 0.1) is 0 Å². The molecule has 1 heterocycles. The smallest absolute Gasteiger partial charge is 0.137 e. The second-order valence-corrected chi connectivity index (χ2v) is 5.18. The summed E-state index contributed by atoms with van der Waals surface area (Å²) in [5.74, 6) is 0.708. The molecule has 1 aliphatic rings. The van der Waals surface area contributed by atoms with Gasteiger partial charge < -0.3 is 4.74 Å². The van der Waals surface area contributed by atoms with Gasteiger partial charge in [-0.3, -0.25) is 4.90 Å². The van der Waals surface area contributed by atoms with E-state index in [4.69, 9.17) is 27.9 Å². The third-order valence-electron chi connectivity index (χ3n) is 2.91. The first-order valence-corrected chi connectivity index (χ1v) is 6.96. The van der Waals surface area contributed by atoms with Crippen LogP contribution in [0.15, 0.2) is 30.4 Å². The van der Waals surface area contributed by atoms with Crippen molar-refractivity contribution in [3.05, 3.63) is 40.4 Å². The Morgan fingerprint density at radius 3 is 2.83 bits per heavy atom. The van der Waals surface area contributed by atoms with Gasteiger partial charge in [-0.05, 0) is 31.0 Å². The maximum Gasteiger partial charge on any atom is 0.137 e. The minimum absolute atomic E-state index is 0.573. The molecule has 0 saturated carbocycles. The number of rotatable bonds is 5. The molecular weight excluding hydrogens is 269 g/mol. The number of ether oxygens (including phenoxy) is 1. The van der Waals surface area contributed by atoms with Gasteiger partial charge in [-0.2, -0.15) is 0 Å². The zero-order valence-electron chi connectivity index (χ0n) is 10.2. The molecule has 2 nitrogen and oxygen atoms in total. The van der Waals surface area contributed by atoms with Crippen molar-refractivity contribution in [2.45, 2.75) is 12.8 Å². The third kappa shape index (κ3) is 4.20. The van der Waals surface area contributed by atoms with Gasteiger partial charge >= 0.3 is 0 Å². The topological polar surface area (TPSA) is 12.5 Å². The van der Waals surface area contributed by atoms with Gasteiger partial charge in [0.2, 0.25) is 0 Å². The first-order valence-electron chi connectivity index (χ1n) is 6.21. The van der Waals surface area contributed by atoms with Crippen molar-refractivity contribution in [1.29, 1.82) is 0 Å². The van der Waals surface area contributed by atoms with E-state index >= 15 is 0 Å². The quantitative estimate of drug-likeness (QED) is 0.598. The molecule has 1 aromatic carbocycles. The predicted molar refractivity (Wildman–Crippen MR) is 76.8 cm³/mol. The van der Waals surface area contributed by atoms with Crippen LogP contribution in [0.1, 0.15) is 12.8 Å². The molecule has 0 saturated heterocycles. The average molecular weight is 286 g/mol. The lowest BCUT2D eigenvalue weighted by atomic mass is 10.2. The number of benzene rings is 1. The van der Waals surface area contributed by atoms with Crippen LogP contribution in [0.4, 0.5) is 0 Å². The van der Waals surface area contributed by atoms with Gasteiger partial charge in [0.05, 0.1) is 11.6 Å². The predicted octanol–water partition coefficient (Wildman–Crippen LogP) is 4.02. The van der Waals surface area contributed by atoms with Crippen molar-refractivity contribution >= 4 is 23.2 Å². The summed E-state index contributed by atoms with van der Waals surface area (Å²) >= 11 is 11.9. The second-order valence-electron chi connectivity index (χ2n) is 4.34. The molecule has 0 amide bonds. The van der Waals surface area contributed by atoms with Gasteiger partial charge in [0, 0.05) is 24.7 Å². The van der Waals surface area contributed by atoms with Crippen LogP contribution in [0.2, 0.25) is 10.0 Å². The van der Waals surface area contributed by atoms with Gasteiger partial charge in [-0.25, -0.2) is 0 Å². The number of halogens is 2. The Labute approximate surface area is 118 Å². The maximum atomic E-state index is 6.03. The highest BCUT2D eigenvalue weighted by atomic mass is 35.5. The summed E-state index contributed by atoms with van der Waals surface area (Å²) in [6.07, 6.45) is 6.62. The van der Waals surface area contributed by atoms with Gasteiger partial charge in [-0.15, -0.1) is 0 Å². The van der Waals surface area contributed by atoms with E-state index in [0.717, 1.165) is 32.5 Å². The van der Waals surface area contributed by atoms with Crippen molar-refractivity contribution in [3.8, 4) is 5.75 Å². The van der Waals surface area contributed by atoms with Crippen molar-refractivity contribution in [2.75, 3.05) is 26.2 Å². The van der Waals surface area contributed by atoms with Gasteiger partial charge in [0.15, 0.2) is 0 Å². The largest absolute Gasteiger partial charge is 0.492 e. The van der Waals surface area contributed by atoms with Gasteiger partial charge in [0.25, 0.3) is 0 Å². The molecule has 0 unspecified atom stereocenters. The molecule has 18 heavy (non-hydrogen) atoms. The first kappa shape index (κ1) is 13.7. The Morgan fingerprint density at radius 1 is 1.22 bits per heavy atom. The van der Waals surface area contributed by atoms with Crippen LogP contribution in [-0.2, 0) is 0 Å². The summed E-state index contributed by atoms with van der Waals surface area (Å²) in [6, 6.07) is 5.31. The fraction of sp³-hybridized carbons (Fsp3) is 0.429. The molecule has 2 rings (SSSR count). The summed E-state index contributed by atoms with van der Waals surface area (Å²) in [7, 11) is 0. The van der Waals surface area contributed by atoms with E-state index < -0.39 is 0 Å². The Kier molecular flexibility index (Phi) is 5.36. The summed E-state index contributed by atoms with van der Waals surface area (Å²) in [5.41, 5.74) is 0. The lowest BCUT2D eigenvalue weighted by Crippen LogP contribution is -2.29. The van der Waals surface area contributed by atoms with Crippen LogP contribution in [0.25, 0.3) is 0 Å². The Balaban J connectivity index is 1.70. The molecule has 4 heteroatoms. The molecule has 1 aliphatic heterocycles. The van der Waals surface area contributed by atoms with E-state index in [0.29, 0.717) is 22.4 Å². The fourth-order valence-electron chi connectivity index (χ4n) is 1.96. The molecule has 0 N–H and O–H groups in total. The number of hydrogen-bond acceptors (Lipinski definition) is 2. The zero-order valence-corrected chi connectivity index (χ0v) is 11.8. The van der Waals surface area contributed by atoms with Crippen LogP contribution >= 0.6 is 23.2 Å². The van der Waals surface area contributed by atoms with Crippen LogP contribution in [0.5, 0.6) is 5.75 Å². The normalized spacial score (nSPS) is 15.9. The summed E-state index contributed by atoms with van der Waals surface area (Å²) < 4.78 is 5.65. The zero-order chi connectivity index (χ0) is 12.8. The standard InChI is InChI=1S/C14H17Cl2NO/c15-12-5-6-14(13(16)11-12)18-10-4-9-17-7-2-1-3-8-17/h1-2,5-6,11H,3-4,7-10H2. The van der Waals surface area contributed by atoms with Crippen molar-refractivity contribution in [3.63, 3.8) is 0 Å². The van der Waals surface area contributed by atoms with Crippen LogP contribution in [-0.4, -0.2) is 31.1 Å². The van der Waals surface area contributed by atoms with E-state index in [1.807, 2.05) is 6.07 Å². The van der Waals surface area contributed by atoms with Gasteiger partial charge in [0.1, 0.15) is 5.75 Å². The highest BCUT2D eigenvalue weighted by Gasteiger charge is 2.06. The van der Waals surface area contributed by atoms with Crippen LogP contribution < -0.4 is 4.74 Å². The van der Waals surface area contributed by atoms with Crippen LogP contribution in [0.3, 0.4) is 0 Å². The Hall–Kier alpha value is -0.700. The van der Waals surface area contributed by atoms with E-state index in [1.54, 1.807) is 12.1 Å². The minimum atomic E-state index is 0.573. The van der Waals surface area contributed by atoms with E-state index in [1.165, 1.54) is 0 Å². The fourth-order valence-corrected chi connectivity index (χ4v) is 2.42. The molecule has 1 aromatic rings. The van der Waals surface area contributed by atoms with Crippen molar-refractivity contribution in [2.24, 2.45) is 0 Å². The molecule has 0 bridgehead atoms. The van der Waals surface area contributed by atoms with E-state index in [9.17, 15) is 0 Å². The maximum absolute atomic E-state index is 6.03. The highest BCUT2D eigenvalue weighted by molar-refractivity contribution is 6.35. The lowest BCUT2D eigenvalue weighted by Gasteiger charge is -2.22. The highest BCUT2D eigenvalue weighted by Crippen LogP contribution is 2.27. The number of hydrogen-bond donors (Lipinski definition) is 0. The molecule has 0 aromatic heterocycles. The third-order valence-corrected chi connectivity index (χ3v) is 3.44. The summed E-state index contributed by atoms with van der Waals surface area (Å²) in [6.45, 7) is 3.96. The average Bonchev–Trinajstić information content (AvgIpc) is 2.38. The Morgan fingerprint density at radius 2 is 2.11 bits per heavy atom. The Bertz CT molecular complexity index is 420. The monoisotopic (exact) mass is 285 g/mol. The molecule has 98 valence electrons. The molecule has 0 aliphatic carbocycles. The second kappa shape index (κ2) is 7.03. The first-order chi connectivity index (χ1) is 8.75. The summed E-state index contributed by atoms with van der Waals surface area (Å²) in [4.78, 5) is 2.42. The van der Waals surface area contributed by atoms with Gasteiger partial charge in [-0.1, -0.05) is 35.4 Å². The van der Waals surface area contributed by atoms with E-state index in [-0.39, 0.29) is 0 Å². The van der Waals surface area contributed by atoms with E-state index in [2.05, 4.69) is 17.1 Å². The molecular formula is C14H17Cl2NO. The molecule has 0 fully saturated rings.